The van der Waals surface area contributed by atoms with Gasteiger partial charge in [-0.3, -0.25) is 14.5 Å². The van der Waals surface area contributed by atoms with Gasteiger partial charge in [-0.15, -0.1) is 0 Å². The van der Waals surface area contributed by atoms with Crippen molar-refractivity contribution in [1.29, 1.82) is 5.26 Å². The Balaban J connectivity index is 2.00. The van der Waals surface area contributed by atoms with Gasteiger partial charge in [0.25, 0.3) is 11.7 Å². The standard InChI is InChI=1S/C29H26N2O6/c1-5-37-24-15-19(9-13-23(24)36-4)26-25(27(32)21-14-17(2)6-12-22(21)35-3)28(33)29(34)31(26)20-10-7-18(16-30)8-11-20/h6-15,26,32H,5H2,1-4H3/b27-25+. The van der Waals surface area contributed by atoms with E-state index in [4.69, 9.17) is 14.2 Å². The number of Topliss-reactive ketones (excluding diaryl/α,β-unsaturated/α-hetero) is 1. The Kier molecular flexibility index (Phi) is 7.16. The summed E-state index contributed by atoms with van der Waals surface area (Å²) in [4.78, 5) is 28.2. The predicted octanol–water partition coefficient (Wildman–Crippen LogP) is 4.91. The summed E-state index contributed by atoms with van der Waals surface area (Å²) >= 11 is 0. The van der Waals surface area contributed by atoms with Gasteiger partial charge in [0.15, 0.2) is 11.5 Å². The number of methoxy groups -OCH3 is 2. The smallest absolute Gasteiger partial charge is 0.300 e. The Morgan fingerprint density at radius 2 is 1.65 bits per heavy atom. The van der Waals surface area contributed by atoms with Crippen LogP contribution >= 0.6 is 0 Å². The highest BCUT2D eigenvalue weighted by Gasteiger charge is 2.47. The Morgan fingerprint density at radius 3 is 2.27 bits per heavy atom. The fraction of sp³-hybridized carbons (Fsp3) is 0.207. The molecule has 1 unspecified atom stereocenters. The number of ketones is 1. The molecule has 4 rings (SSSR count). The van der Waals surface area contributed by atoms with E-state index in [9.17, 15) is 20.0 Å². The zero-order valence-electron chi connectivity index (χ0n) is 20.9. The normalized spacial score (nSPS) is 16.4. The molecule has 1 amide bonds. The Bertz CT molecular complexity index is 1440. The highest BCUT2D eigenvalue weighted by atomic mass is 16.5. The van der Waals surface area contributed by atoms with E-state index in [1.807, 2.05) is 26.0 Å². The SMILES string of the molecule is CCOc1cc(C2/C(=C(\O)c3cc(C)ccc3OC)C(=O)C(=O)N2c2ccc(C#N)cc2)ccc1OC. The molecular weight excluding hydrogens is 472 g/mol. The summed E-state index contributed by atoms with van der Waals surface area (Å²) in [5, 5.41) is 20.7. The molecule has 0 aliphatic carbocycles. The first-order valence-electron chi connectivity index (χ1n) is 11.6. The number of benzene rings is 3. The van der Waals surface area contributed by atoms with Gasteiger partial charge < -0.3 is 19.3 Å². The minimum absolute atomic E-state index is 0.0918. The molecule has 8 heteroatoms. The molecule has 0 spiro atoms. The van der Waals surface area contributed by atoms with Gasteiger partial charge in [-0.1, -0.05) is 17.7 Å². The molecule has 1 atom stereocenters. The highest BCUT2D eigenvalue weighted by molar-refractivity contribution is 6.51. The van der Waals surface area contributed by atoms with Crippen LogP contribution in [0.25, 0.3) is 5.76 Å². The summed E-state index contributed by atoms with van der Waals surface area (Å²) in [6.07, 6.45) is 0. The molecule has 1 aliphatic heterocycles. The summed E-state index contributed by atoms with van der Waals surface area (Å²) in [6.45, 7) is 4.05. The van der Waals surface area contributed by atoms with Gasteiger partial charge in [-0.05, 0) is 67.9 Å². The fourth-order valence-corrected chi connectivity index (χ4v) is 4.39. The van der Waals surface area contributed by atoms with Gasteiger partial charge >= 0.3 is 0 Å². The van der Waals surface area contributed by atoms with Gasteiger partial charge in [-0.2, -0.15) is 5.26 Å². The quantitative estimate of drug-likeness (QED) is 0.280. The van der Waals surface area contributed by atoms with E-state index in [1.54, 1.807) is 54.6 Å². The predicted molar refractivity (Wildman–Crippen MR) is 138 cm³/mol. The first-order valence-corrected chi connectivity index (χ1v) is 11.6. The lowest BCUT2D eigenvalue weighted by atomic mass is 9.94. The largest absolute Gasteiger partial charge is 0.507 e. The van der Waals surface area contributed by atoms with Crippen LogP contribution in [0.3, 0.4) is 0 Å². The number of anilines is 1. The summed E-state index contributed by atoms with van der Waals surface area (Å²) in [5.74, 6) is -0.729. The van der Waals surface area contributed by atoms with Crippen LogP contribution in [0.2, 0.25) is 0 Å². The molecule has 0 radical (unpaired) electrons. The van der Waals surface area contributed by atoms with E-state index in [1.165, 1.54) is 19.1 Å². The van der Waals surface area contributed by atoms with E-state index < -0.39 is 17.7 Å². The van der Waals surface area contributed by atoms with Crippen LogP contribution in [0, 0.1) is 18.3 Å². The molecule has 0 aromatic heterocycles. The van der Waals surface area contributed by atoms with Crippen molar-refractivity contribution in [3.8, 4) is 23.3 Å². The first kappa shape index (κ1) is 25.3. The summed E-state index contributed by atoms with van der Waals surface area (Å²) < 4.78 is 16.6. The maximum Gasteiger partial charge on any atom is 0.300 e. The third kappa shape index (κ3) is 4.59. The fourth-order valence-electron chi connectivity index (χ4n) is 4.39. The Labute approximate surface area is 214 Å². The topological polar surface area (TPSA) is 109 Å². The second kappa shape index (κ2) is 10.5. The number of nitrogens with zero attached hydrogens (tertiary/aromatic N) is 2. The molecule has 0 saturated carbocycles. The molecule has 1 N–H and O–H groups in total. The molecule has 0 bridgehead atoms. The number of aliphatic hydroxyl groups is 1. The molecule has 37 heavy (non-hydrogen) atoms. The third-order valence-corrected chi connectivity index (χ3v) is 6.13. The minimum Gasteiger partial charge on any atom is -0.507 e. The van der Waals surface area contributed by atoms with E-state index >= 15 is 0 Å². The van der Waals surface area contributed by atoms with Gasteiger partial charge in [0.05, 0.1) is 49.6 Å². The van der Waals surface area contributed by atoms with Gasteiger partial charge in [-0.25, -0.2) is 0 Å². The van der Waals surface area contributed by atoms with Crippen LogP contribution in [-0.2, 0) is 9.59 Å². The summed E-state index contributed by atoms with van der Waals surface area (Å²) in [6, 6.07) is 17.7. The molecule has 3 aromatic rings. The average Bonchev–Trinajstić information content (AvgIpc) is 3.18. The van der Waals surface area contributed by atoms with E-state index in [0.29, 0.717) is 46.2 Å². The molecule has 1 fully saturated rings. The Morgan fingerprint density at radius 1 is 0.973 bits per heavy atom. The molecule has 3 aromatic carbocycles. The maximum atomic E-state index is 13.5. The number of hydrogen-bond acceptors (Lipinski definition) is 7. The van der Waals surface area contributed by atoms with Crippen molar-refractivity contribution >= 4 is 23.1 Å². The van der Waals surface area contributed by atoms with Crippen LogP contribution in [0.15, 0.2) is 66.2 Å². The van der Waals surface area contributed by atoms with Crippen molar-refractivity contribution in [2.75, 3.05) is 25.7 Å². The van der Waals surface area contributed by atoms with Gasteiger partial charge in [0.1, 0.15) is 11.5 Å². The van der Waals surface area contributed by atoms with Crippen molar-refractivity contribution in [2.45, 2.75) is 19.9 Å². The number of aliphatic hydroxyl groups excluding tert-OH is 1. The van der Waals surface area contributed by atoms with Gasteiger partial charge in [0.2, 0.25) is 0 Å². The van der Waals surface area contributed by atoms with Crippen LogP contribution < -0.4 is 19.1 Å². The van der Waals surface area contributed by atoms with E-state index in [2.05, 4.69) is 0 Å². The Hall–Kier alpha value is -4.77. The van der Waals surface area contributed by atoms with Crippen LogP contribution in [0.4, 0.5) is 5.69 Å². The number of rotatable bonds is 7. The lowest BCUT2D eigenvalue weighted by molar-refractivity contribution is -0.132. The monoisotopic (exact) mass is 498 g/mol. The van der Waals surface area contributed by atoms with Crippen LogP contribution in [-0.4, -0.2) is 37.6 Å². The van der Waals surface area contributed by atoms with Crippen LogP contribution in [0.5, 0.6) is 17.2 Å². The first-order chi connectivity index (χ1) is 17.8. The number of nitriles is 1. The zero-order valence-corrected chi connectivity index (χ0v) is 20.9. The number of carbonyl (C=O) groups excluding carboxylic acids is 2. The summed E-state index contributed by atoms with van der Waals surface area (Å²) in [5.41, 5.74) is 2.37. The number of aryl methyl sites for hydroxylation is 1. The minimum atomic E-state index is -0.983. The average molecular weight is 499 g/mol. The van der Waals surface area contributed by atoms with E-state index in [-0.39, 0.29) is 11.3 Å². The number of hydrogen-bond donors (Lipinski definition) is 1. The highest BCUT2D eigenvalue weighted by Crippen LogP contribution is 2.45. The molecule has 1 heterocycles. The lowest BCUT2D eigenvalue weighted by Gasteiger charge is -2.26. The maximum absolute atomic E-state index is 13.5. The molecule has 8 nitrogen and oxygen atoms in total. The number of ether oxygens (including phenoxy) is 3. The lowest BCUT2D eigenvalue weighted by Crippen LogP contribution is -2.29. The zero-order chi connectivity index (χ0) is 26.7. The third-order valence-electron chi connectivity index (χ3n) is 6.13. The van der Waals surface area contributed by atoms with Crippen molar-refractivity contribution in [1.82, 2.24) is 0 Å². The number of amides is 1. The van der Waals surface area contributed by atoms with Crippen molar-refractivity contribution < 1.29 is 28.9 Å². The molecule has 188 valence electrons. The molecular formula is C29H26N2O6. The van der Waals surface area contributed by atoms with Crippen molar-refractivity contribution in [3.63, 3.8) is 0 Å². The molecule has 1 saturated heterocycles. The van der Waals surface area contributed by atoms with Gasteiger partial charge in [0, 0.05) is 5.69 Å². The summed E-state index contributed by atoms with van der Waals surface area (Å²) in [7, 11) is 2.98. The second-order valence-corrected chi connectivity index (χ2v) is 8.37. The van der Waals surface area contributed by atoms with Crippen molar-refractivity contribution in [3.05, 3.63) is 88.5 Å². The number of carbonyl (C=O) groups is 2. The van der Waals surface area contributed by atoms with Crippen molar-refractivity contribution in [2.24, 2.45) is 0 Å². The molecule has 1 aliphatic rings. The van der Waals surface area contributed by atoms with Crippen LogP contribution in [0.1, 0.15) is 35.2 Å². The second-order valence-electron chi connectivity index (χ2n) is 8.37. The van der Waals surface area contributed by atoms with E-state index in [0.717, 1.165) is 5.56 Å².